The zero-order chi connectivity index (χ0) is 21.1. The summed E-state index contributed by atoms with van der Waals surface area (Å²) in [5, 5.41) is 5.04. The first kappa shape index (κ1) is 23.4. The third-order valence-electron chi connectivity index (χ3n) is 3.74. The molecule has 0 radical (unpaired) electrons. The molecule has 0 saturated heterocycles. The maximum atomic E-state index is 12.0. The number of nitrogens with one attached hydrogen (secondary N) is 2. The summed E-state index contributed by atoms with van der Waals surface area (Å²) in [6.07, 6.45) is 2.41. The molecule has 156 valence electrons. The number of carbonyl (C=O) groups is 5. The lowest BCUT2D eigenvalue weighted by Gasteiger charge is -2.21. The van der Waals surface area contributed by atoms with Crippen LogP contribution in [0.1, 0.15) is 20.8 Å². The van der Waals surface area contributed by atoms with Crippen molar-refractivity contribution < 1.29 is 33.4 Å². The highest BCUT2D eigenvalue weighted by Crippen LogP contribution is 2.03. The Morgan fingerprint density at radius 1 is 1.04 bits per heavy atom. The van der Waals surface area contributed by atoms with Crippen molar-refractivity contribution in [3.05, 3.63) is 12.2 Å². The molecule has 0 spiro atoms. The van der Waals surface area contributed by atoms with Crippen LogP contribution < -0.4 is 10.6 Å². The molecule has 10 nitrogen and oxygen atoms in total. The number of ketones is 1. The van der Waals surface area contributed by atoms with Crippen LogP contribution in [-0.2, 0) is 33.4 Å². The van der Waals surface area contributed by atoms with Gasteiger partial charge in [-0.05, 0) is 12.8 Å². The van der Waals surface area contributed by atoms with Gasteiger partial charge in [0.05, 0.1) is 32.9 Å². The molecule has 1 rings (SSSR count). The maximum absolute atomic E-state index is 12.0. The fourth-order valence-electron chi connectivity index (χ4n) is 2.26. The first-order valence-electron chi connectivity index (χ1n) is 8.98. The van der Waals surface area contributed by atoms with Crippen LogP contribution in [0, 0.1) is 5.92 Å². The van der Waals surface area contributed by atoms with Gasteiger partial charge in [-0.1, -0.05) is 13.8 Å². The predicted molar refractivity (Wildman–Crippen MR) is 98.0 cm³/mol. The van der Waals surface area contributed by atoms with E-state index in [2.05, 4.69) is 10.6 Å². The Morgan fingerprint density at radius 2 is 1.64 bits per heavy atom. The summed E-state index contributed by atoms with van der Waals surface area (Å²) < 4.78 is 10.4. The Kier molecular flexibility index (Phi) is 10.0. The fourth-order valence-corrected chi connectivity index (χ4v) is 2.26. The first-order chi connectivity index (χ1) is 13.2. The molecule has 1 unspecified atom stereocenters. The highest BCUT2D eigenvalue weighted by atomic mass is 16.5. The second kappa shape index (κ2) is 12.0. The van der Waals surface area contributed by atoms with Gasteiger partial charge in [0.2, 0.25) is 11.8 Å². The van der Waals surface area contributed by atoms with Crippen molar-refractivity contribution in [2.24, 2.45) is 5.92 Å². The van der Waals surface area contributed by atoms with Crippen molar-refractivity contribution in [1.82, 2.24) is 15.5 Å². The van der Waals surface area contributed by atoms with E-state index in [9.17, 15) is 24.0 Å². The van der Waals surface area contributed by atoms with E-state index in [1.165, 1.54) is 19.1 Å². The average molecular weight is 397 g/mol. The average Bonchev–Trinajstić information content (AvgIpc) is 2.94. The Hall–Kier alpha value is -2.59. The van der Waals surface area contributed by atoms with Crippen molar-refractivity contribution >= 4 is 29.4 Å². The molecule has 0 saturated carbocycles. The predicted octanol–water partition coefficient (Wildman–Crippen LogP) is -1.21. The lowest BCUT2D eigenvalue weighted by Crippen LogP contribution is -2.51. The Morgan fingerprint density at radius 3 is 2.21 bits per heavy atom. The number of rotatable bonds is 13. The summed E-state index contributed by atoms with van der Waals surface area (Å²) in [4.78, 5) is 58.6. The van der Waals surface area contributed by atoms with Crippen LogP contribution in [0.5, 0.6) is 0 Å². The largest absolute Gasteiger partial charge is 0.377 e. The quantitative estimate of drug-likeness (QED) is 0.294. The monoisotopic (exact) mass is 397 g/mol. The van der Waals surface area contributed by atoms with Gasteiger partial charge in [-0.3, -0.25) is 28.9 Å². The number of ether oxygens (including phenoxy) is 2. The summed E-state index contributed by atoms with van der Waals surface area (Å²) in [6.45, 7) is 5.21. The van der Waals surface area contributed by atoms with E-state index < -0.39 is 17.9 Å². The normalized spacial score (nSPS) is 14.5. The number of amides is 4. The van der Waals surface area contributed by atoms with E-state index in [0.717, 1.165) is 4.90 Å². The third kappa shape index (κ3) is 8.40. The molecule has 28 heavy (non-hydrogen) atoms. The summed E-state index contributed by atoms with van der Waals surface area (Å²) in [5.41, 5.74) is 0. The van der Waals surface area contributed by atoms with Crippen LogP contribution in [0.25, 0.3) is 0 Å². The zero-order valence-electron chi connectivity index (χ0n) is 16.4. The molecule has 1 heterocycles. The minimum Gasteiger partial charge on any atom is -0.377 e. The number of carbonyl (C=O) groups excluding carboxylic acids is 5. The SMILES string of the molecule is CC(=O)CNC(=O)C(NC(=O)COCCOCCN1C(=O)C=CC1=O)C(C)C. The molecule has 1 aliphatic heterocycles. The van der Waals surface area contributed by atoms with Crippen LogP contribution in [0.15, 0.2) is 12.2 Å². The molecule has 0 aromatic rings. The Bertz CT molecular complexity index is 613. The number of nitrogens with zero attached hydrogens (tertiary/aromatic N) is 1. The first-order valence-corrected chi connectivity index (χ1v) is 8.98. The van der Waals surface area contributed by atoms with Gasteiger partial charge in [0, 0.05) is 12.2 Å². The van der Waals surface area contributed by atoms with Crippen molar-refractivity contribution in [1.29, 1.82) is 0 Å². The lowest BCUT2D eigenvalue weighted by molar-refractivity contribution is -0.138. The number of hydrogen-bond donors (Lipinski definition) is 2. The lowest BCUT2D eigenvalue weighted by atomic mass is 10.0. The van der Waals surface area contributed by atoms with E-state index >= 15 is 0 Å². The van der Waals surface area contributed by atoms with Gasteiger partial charge in [-0.2, -0.15) is 0 Å². The van der Waals surface area contributed by atoms with Gasteiger partial charge < -0.3 is 20.1 Å². The highest BCUT2D eigenvalue weighted by molar-refractivity contribution is 6.12. The molecule has 0 fully saturated rings. The summed E-state index contributed by atoms with van der Waals surface area (Å²) >= 11 is 0. The van der Waals surface area contributed by atoms with Crippen LogP contribution in [-0.4, -0.2) is 79.9 Å². The Labute approximate surface area is 163 Å². The van der Waals surface area contributed by atoms with Crippen molar-refractivity contribution in [3.63, 3.8) is 0 Å². The maximum Gasteiger partial charge on any atom is 0.253 e. The third-order valence-corrected chi connectivity index (χ3v) is 3.74. The van der Waals surface area contributed by atoms with Gasteiger partial charge in [-0.25, -0.2) is 0 Å². The fraction of sp³-hybridized carbons (Fsp3) is 0.611. The highest BCUT2D eigenvalue weighted by Gasteiger charge is 2.24. The zero-order valence-corrected chi connectivity index (χ0v) is 16.4. The van der Waals surface area contributed by atoms with Crippen LogP contribution in [0.2, 0.25) is 0 Å². The number of imide groups is 1. The van der Waals surface area contributed by atoms with E-state index in [-0.39, 0.29) is 63.0 Å². The molecule has 0 aromatic carbocycles. The summed E-state index contributed by atoms with van der Waals surface area (Å²) in [5.74, 6) is -1.97. The molecule has 0 aliphatic carbocycles. The van der Waals surface area contributed by atoms with Crippen molar-refractivity contribution in [3.8, 4) is 0 Å². The van der Waals surface area contributed by atoms with Crippen molar-refractivity contribution in [2.45, 2.75) is 26.8 Å². The molecular formula is C18H27N3O7. The van der Waals surface area contributed by atoms with Crippen molar-refractivity contribution in [2.75, 3.05) is 39.5 Å². The molecule has 10 heteroatoms. The van der Waals surface area contributed by atoms with Gasteiger partial charge in [0.25, 0.3) is 11.8 Å². The Balaban J connectivity index is 2.17. The van der Waals surface area contributed by atoms with Crippen LogP contribution >= 0.6 is 0 Å². The van der Waals surface area contributed by atoms with E-state index in [0.29, 0.717) is 0 Å². The molecule has 0 bridgehead atoms. The number of hydrogen-bond acceptors (Lipinski definition) is 7. The van der Waals surface area contributed by atoms with Crippen LogP contribution in [0.4, 0.5) is 0 Å². The minimum absolute atomic E-state index is 0.0869. The van der Waals surface area contributed by atoms with Gasteiger partial charge in [0.1, 0.15) is 18.4 Å². The smallest absolute Gasteiger partial charge is 0.253 e. The van der Waals surface area contributed by atoms with E-state index in [4.69, 9.17) is 9.47 Å². The van der Waals surface area contributed by atoms with Gasteiger partial charge in [0.15, 0.2) is 0 Å². The van der Waals surface area contributed by atoms with Crippen LogP contribution in [0.3, 0.4) is 0 Å². The summed E-state index contributed by atoms with van der Waals surface area (Å²) in [7, 11) is 0. The van der Waals surface area contributed by atoms with E-state index in [1.54, 1.807) is 13.8 Å². The summed E-state index contributed by atoms with van der Waals surface area (Å²) in [6, 6.07) is -0.768. The minimum atomic E-state index is -0.768. The second-order valence-corrected chi connectivity index (χ2v) is 6.54. The molecular weight excluding hydrogens is 370 g/mol. The molecule has 0 aromatic heterocycles. The molecule has 1 aliphatic rings. The molecule has 4 amide bonds. The topological polar surface area (TPSA) is 131 Å². The molecule has 1 atom stereocenters. The standard InChI is InChI=1S/C18H27N3O7/c1-12(2)17(18(26)19-10-13(3)22)20-14(23)11-28-9-8-27-7-6-21-15(24)4-5-16(21)25/h4-5,12,17H,6-11H2,1-3H3,(H,19,26)(H,20,23). The number of Topliss-reactive ketones (excluding diaryl/α,β-unsaturated/α-hetero) is 1. The van der Waals surface area contributed by atoms with Gasteiger partial charge in [-0.15, -0.1) is 0 Å². The van der Waals surface area contributed by atoms with Gasteiger partial charge >= 0.3 is 0 Å². The molecule has 2 N–H and O–H groups in total. The van der Waals surface area contributed by atoms with E-state index in [1.807, 2.05) is 0 Å². The second-order valence-electron chi connectivity index (χ2n) is 6.54.